The van der Waals surface area contributed by atoms with Crippen LogP contribution in [0.25, 0.3) is 10.8 Å². The zero-order valence-corrected chi connectivity index (χ0v) is 13.3. The van der Waals surface area contributed by atoms with Crippen molar-refractivity contribution in [1.82, 2.24) is 10.2 Å². The Bertz CT molecular complexity index is 745. The van der Waals surface area contributed by atoms with Crippen LogP contribution in [0.15, 0.2) is 12.3 Å². The van der Waals surface area contributed by atoms with Crippen LogP contribution < -0.4 is 0 Å². The first-order valence-corrected chi connectivity index (χ1v) is 7.00. The van der Waals surface area contributed by atoms with E-state index in [9.17, 15) is 9.59 Å². The number of alkyl halides is 1. The number of nitrogens with zero attached hydrogens (tertiary/aromatic N) is 2. The first kappa shape index (κ1) is 15.4. The van der Waals surface area contributed by atoms with Crippen molar-refractivity contribution in [2.24, 2.45) is 0 Å². The van der Waals surface area contributed by atoms with Crippen LogP contribution in [0, 0.1) is 13.8 Å². The number of fused-ring (bicyclic) bond motifs is 1. The lowest BCUT2D eigenvalue weighted by Gasteiger charge is -2.14. The van der Waals surface area contributed by atoms with Gasteiger partial charge in [0.05, 0.1) is 24.6 Å². The number of hydrogen-bond donors (Lipinski definition) is 1. The molecular weight excluding hydrogens is 340 g/mol. The van der Waals surface area contributed by atoms with Gasteiger partial charge in [-0.15, -0.1) is 0 Å². The Hall–Kier alpha value is -2.02. The number of hydrogen-bond acceptors (Lipinski definition) is 5. The molecule has 0 aliphatic carbocycles. The molecule has 6 nitrogen and oxygen atoms in total. The van der Waals surface area contributed by atoms with Gasteiger partial charge < -0.3 is 9.84 Å². The number of carbonyl (C=O) groups excluding carboxylic acids is 1. The average Bonchev–Trinajstić information content (AvgIpc) is 2.45. The van der Waals surface area contributed by atoms with Crippen molar-refractivity contribution < 1.29 is 19.4 Å². The van der Waals surface area contributed by atoms with E-state index in [1.807, 2.05) is 0 Å². The molecule has 21 heavy (non-hydrogen) atoms. The van der Waals surface area contributed by atoms with Crippen molar-refractivity contribution in [3.8, 4) is 0 Å². The van der Waals surface area contributed by atoms with E-state index in [1.165, 1.54) is 7.11 Å². The second-order valence-electron chi connectivity index (χ2n) is 4.58. The summed E-state index contributed by atoms with van der Waals surface area (Å²) < 4.78 is 4.79. The Morgan fingerprint density at radius 3 is 2.62 bits per heavy atom. The fourth-order valence-corrected chi connectivity index (χ4v) is 2.69. The summed E-state index contributed by atoms with van der Waals surface area (Å²) in [5.74, 6) is -1.53. The predicted molar refractivity (Wildman–Crippen MR) is 79.7 cm³/mol. The zero-order chi connectivity index (χ0) is 15.7. The Morgan fingerprint density at radius 2 is 2.05 bits per heavy atom. The predicted octanol–water partition coefficient (Wildman–Crippen LogP) is 2.55. The molecule has 1 atom stereocenters. The highest BCUT2D eigenvalue weighted by Crippen LogP contribution is 2.33. The van der Waals surface area contributed by atoms with Crippen molar-refractivity contribution >= 4 is 38.6 Å². The normalized spacial score (nSPS) is 12.2. The van der Waals surface area contributed by atoms with E-state index in [2.05, 4.69) is 26.1 Å². The lowest BCUT2D eigenvalue weighted by Crippen LogP contribution is -2.12. The van der Waals surface area contributed by atoms with Crippen LogP contribution in [0.3, 0.4) is 0 Å². The van der Waals surface area contributed by atoms with Crippen molar-refractivity contribution in [3.63, 3.8) is 0 Å². The SMILES string of the molecule is COC(=O)c1c(C)cc2cnnc(C(Br)C(=O)O)c2c1C. The molecule has 0 saturated heterocycles. The fraction of sp³-hybridized carbons (Fsp3) is 0.286. The quantitative estimate of drug-likeness (QED) is 0.674. The lowest BCUT2D eigenvalue weighted by molar-refractivity contribution is -0.136. The van der Waals surface area contributed by atoms with Crippen LogP contribution in [0.1, 0.15) is 32.0 Å². The van der Waals surface area contributed by atoms with Crippen LogP contribution >= 0.6 is 15.9 Å². The number of carboxylic acid groups (broad SMARTS) is 1. The van der Waals surface area contributed by atoms with Crippen LogP contribution in [0.4, 0.5) is 0 Å². The molecule has 0 aliphatic rings. The van der Waals surface area contributed by atoms with E-state index in [-0.39, 0.29) is 5.69 Å². The molecule has 0 bridgehead atoms. The highest BCUT2D eigenvalue weighted by molar-refractivity contribution is 9.09. The number of ether oxygens (including phenoxy) is 1. The number of aryl methyl sites for hydroxylation is 2. The third-order valence-electron chi connectivity index (χ3n) is 3.27. The van der Waals surface area contributed by atoms with E-state index in [4.69, 9.17) is 9.84 Å². The summed E-state index contributed by atoms with van der Waals surface area (Å²) in [7, 11) is 1.31. The second-order valence-corrected chi connectivity index (χ2v) is 5.50. The number of benzene rings is 1. The Balaban J connectivity index is 2.86. The Kier molecular flexibility index (Phi) is 4.22. The largest absolute Gasteiger partial charge is 0.480 e. The van der Waals surface area contributed by atoms with Gasteiger partial charge in [0.25, 0.3) is 0 Å². The highest BCUT2D eigenvalue weighted by Gasteiger charge is 2.24. The van der Waals surface area contributed by atoms with Crippen molar-refractivity contribution in [2.45, 2.75) is 18.7 Å². The maximum atomic E-state index is 11.9. The molecule has 1 aromatic carbocycles. The number of aliphatic carboxylic acids is 1. The van der Waals surface area contributed by atoms with Gasteiger partial charge in [-0.25, -0.2) is 4.79 Å². The van der Waals surface area contributed by atoms with Gasteiger partial charge >= 0.3 is 11.9 Å². The first-order valence-electron chi connectivity index (χ1n) is 6.09. The molecule has 0 fully saturated rings. The molecule has 0 amide bonds. The van der Waals surface area contributed by atoms with E-state index in [1.54, 1.807) is 26.1 Å². The van der Waals surface area contributed by atoms with E-state index >= 15 is 0 Å². The second kappa shape index (κ2) is 5.77. The molecule has 0 saturated carbocycles. The van der Waals surface area contributed by atoms with Crippen molar-refractivity contribution in [1.29, 1.82) is 0 Å². The number of methoxy groups -OCH3 is 1. The van der Waals surface area contributed by atoms with E-state index in [0.717, 1.165) is 10.9 Å². The third-order valence-corrected chi connectivity index (χ3v) is 4.10. The Morgan fingerprint density at radius 1 is 1.38 bits per heavy atom. The molecule has 0 aliphatic heterocycles. The summed E-state index contributed by atoms with van der Waals surface area (Å²) in [6.07, 6.45) is 1.54. The molecule has 2 aromatic rings. The van der Waals surface area contributed by atoms with E-state index in [0.29, 0.717) is 16.5 Å². The summed E-state index contributed by atoms with van der Waals surface area (Å²) in [6, 6.07) is 1.77. The molecule has 1 aromatic heterocycles. The zero-order valence-electron chi connectivity index (χ0n) is 11.7. The number of rotatable bonds is 3. The van der Waals surface area contributed by atoms with Gasteiger partial charge in [-0.3, -0.25) is 4.79 Å². The lowest BCUT2D eigenvalue weighted by atomic mass is 9.95. The maximum Gasteiger partial charge on any atom is 0.338 e. The molecule has 7 heteroatoms. The fourth-order valence-electron chi connectivity index (χ4n) is 2.37. The summed E-state index contributed by atoms with van der Waals surface area (Å²) in [5, 5.41) is 18.2. The number of carboxylic acids is 1. The minimum absolute atomic E-state index is 0.266. The Labute approximate surface area is 129 Å². The third kappa shape index (κ3) is 2.61. The van der Waals surface area contributed by atoms with Crippen LogP contribution in [-0.4, -0.2) is 34.4 Å². The number of carbonyl (C=O) groups is 2. The van der Waals surface area contributed by atoms with Crippen molar-refractivity contribution in [3.05, 3.63) is 34.6 Å². The van der Waals surface area contributed by atoms with Gasteiger partial charge in [-0.1, -0.05) is 15.9 Å². The minimum atomic E-state index is -1.07. The van der Waals surface area contributed by atoms with Gasteiger partial charge in [-0.2, -0.15) is 10.2 Å². The van der Waals surface area contributed by atoms with Gasteiger partial charge in [0, 0.05) is 10.8 Å². The summed E-state index contributed by atoms with van der Waals surface area (Å²) in [4.78, 5) is 22.1. The first-order chi connectivity index (χ1) is 9.88. The molecule has 0 radical (unpaired) electrons. The van der Waals surface area contributed by atoms with Gasteiger partial charge in [0.2, 0.25) is 0 Å². The van der Waals surface area contributed by atoms with E-state index < -0.39 is 16.8 Å². The van der Waals surface area contributed by atoms with Crippen LogP contribution in [0.5, 0.6) is 0 Å². The smallest absolute Gasteiger partial charge is 0.338 e. The topological polar surface area (TPSA) is 89.4 Å². The van der Waals surface area contributed by atoms with Gasteiger partial charge in [0.15, 0.2) is 4.83 Å². The molecule has 1 N–H and O–H groups in total. The number of esters is 1. The molecular formula is C14H13BrN2O4. The minimum Gasteiger partial charge on any atom is -0.480 e. The monoisotopic (exact) mass is 352 g/mol. The summed E-state index contributed by atoms with van der Waals surface area (Å²) in [6.45, 7) is 3.54. The average molecular weight is 353 g/mol. The molecule has 2 rings (SSSR count). The van der Waals surface area contributed by atoms with Crippen LogP contribution in [0.2, 0.25) is 0 Å². The highest BCUT2D eigenvalue weighted by atomic mass is 79.9. The number of aromatic nitrogens is 2. The summed E-state index contributed by atoms with van der Waals surface area (Å²) in [5.41, 5.74) is 2.06. The van der Waals surface area contributed by atoms with Gasteiger partial charge in [0.1, 0.15) is 0 Å². The standard InChI is InChI=1S/C14H13BrN2O4/c1-6-4-8-5-16-17-12(11(15)13(18)19)10(8)7(2)9(6)14(20)21-3/h4-5,11H,1-3H3,(H,18,19). The molecule has 1 heterocycles. The molecule has 0 spiro atoms. The summed E-state index contributed by atoms with van der Waals surface area (Å²) >= 11 is 3.08. The van der Waals surface area contributed by atoms with Crippen molar-refractivity contribution in [2.75, 3.05) is 7.11 Å². The molecule has 1 unspecified atom stereocenters. The maximum absolute atomic E-state index is 11.9. The molecule has 110 valence electrons. The van der Waals surface area contributed by atoms with Gasteiger partial charge in [-0.05, 0) is 31.0 Å². The number of halogens is 1. The van der Waals surface area contributed by atoms with Crippen LogP contribution in [-0.2, 0) is 9.53 Å².